The van der Waals surface area contributed by atoms with Crippen molar-refractivity contribution in [3.63, 3.8) is 0 Å². The van der Waals surface area contributed by atoms with E-state index in [-0.39, 0.29) is 6.42 Å². The summed E-state index contributed by atoms with van der Waals surface area (Å²) < 4.78 is 32.3. The summed E-state index contributed by atoms with van der Waals surface area (Å²) in [7, 11) is -4.16. The second-order valence-corrected chi connectivity index (χ2v) is 5.54. The highest BCUT2D eigenvalue weighted by atomic mass is 32.2. The first-order valence-corrected chi connectivity index (χ1v) is 6.99. The molecule has 0 fully saturated rings. The van der Waals surface area contributed by atoms with Gasteiger partial charge in [0.25, 0.3) is 10.1 Å². The lowest BCUT2D eigenvalue weighted by molar-refractivity contribution is 0.467. The largest absolute Gasteiger partial charge is 0.285 e. The predicted molar refractivity (Wildman–Crippen MR) is 68.7 cm³/mol. The van der Waals surface area contributed by atoms with Crippen LogP contribution in [0.1, 0.15) is 16.5 Å². The average Bonchev–Trinajstić information content (AvgIpc) is 2.37. The van der Waals surface area contributed by atoms with E-state index in [0.717, 1.165) is 0 Å². The van der Waals surface area contributed by atoms with Crippen molar-refractivity contribution in [2.24, 2.45) is 0 Å². The molecule has 0 bridgehead atoms. The van der Waals surface area contributed by atoms with Gasteiger partial charge >= 0.3 is 0 Å². The fourth-order valence-electron chi connectivity index (χ4n) is 1.77. The quantitative estimate of drug-likeness (QED) is 0.859. The van der Waals surface area contributed by atoms with Crippen molar-refractivity contribution in [3.8, 4) is 0 Å². The summed E-state index contributed by atoms with van der Waals surface area (Å²) in [6, 6.07) is 13.9. The van der Waals surface area contributed by atoms with Crippen molar-refractivity contribution >= 4 is 10.1 Å². The number of pyridine rings is 1. The number of hydrogen-bond donors (Lipinski definition) is 1. The maximum atomic E-state index is 11.5. The molecule has 18 heavy (non-hydrogen) atoms. The van der Waals surface area contributed by atoms with E-state index in [1.807, 2.05) is 0 Å². The summed E-state index contributed by atoms with van der Waals surface area (Å²) in [4.78, 5) is 4.08. The van der Waals surface area contributed by atoms with Crippen molar-refractivity contribution in [1.29, 1.82) is 0 Å². The lowest BCUT2D eigenvalue weighted by Crippen LogP contribution is -2.15. The van der Waals surface area contributed by atoms with Gasteiger partial charge in [-0.25, -0.2) is 0 Å². The first-order chi connectivity index (χ1) is 8.57. The summed E-state index contributed by atoms with van der Waals surface area (Å²) in [6.45, 7) is 0. The Morgan fingerprint density at radius 1 is 1.06 bits per heavy atom. The van der Waals surface area contributed by atoms with Crippen LogP contribution in [0.25, 0.3) is 0 Å². The molecular formula is C13H13NO3S. The highest BCUT2D eigenvalue weighted by Gasteiger charge is 2.25. The average molecular weight is 263 g/mol. The van der Waals surface area contributed by atoms with E-state index >= 15 is 0 Å². The predicted octanol–water partition coefficient (Wildman–Crippen LogP) is 2.25. The third-order valence-corrected chi connectivity index (χ3v) is 3.81. The molecule has 1 heterocycles. The van der Waals surface area contributed by atoms with Crippen molar-refractivity contribution in [2.75, 3.05) is 0 Å². The van der Waals surface area contributed by atoms with E-state index in [1.165, 1.54) is 0 Å². The minimum absolute atomic E-state index is 0.156. The van der Waals surface area contributed by atoms with Crippen LogP contribution in [-0.2, 0) is 16.5 Å². The molecule has 5 heteroatoms. The second-order valence-electron chi connectivity index (χ2n) is 3.94. The van der Waals surface area contributed by atoms with E-state index in [1.54, 1.807) is 54.7 Å². The zero-order valence-electron chi connectivity index (χ0n) is 9.60. The van der Waals surface area contributed by atoms with Crippen LogP contribution in [-0.4, -0.2) is 18.0 Å². The highest BCUT2D eigenvalue weighted by molar-refractivity contribution is 7.86. The zero-order valence-corrected chi connectivity index (χ0v) is 10.4. The molecule has 1 N–H and O–H groups in total. The van der Waals surface area contributed by atoms with Crippen molar-refractivity contribution in [3.05, 3.63) is 66.0 Å². The molecule has 1 aromatic heterocycles. The SMILES string of the molecule is O=S(=O)(O)[C@H](Cc1ccccn1)c1ccccc1. The third-order valence-electron chi connectivity index (χ3n) is 2.65. The molecule has 0 aliphatic carbocycles. The van der Waals surface area contributed by atoms with Crippen molar-refractivity contribution < 1.29 is 13.0 Å². The third kappa shape index (κ3) is 3.15. The van der Waals surface area contributed by atoms with E-state index < -0.39 is 15.4 Å². The van der Waals surface area contributed by atoms with Crippen LogP contribution in [0.2, 0.25) is 0 Å². The smallest absolute Gasteiger partial charge is 0.272 e. The van der Waals surface area contributed by atoms with Crippen LogP contribution in [0.3, 0.4) is 0 Å². The van der Waals surface area contributed by atoms with Gasteiger partial charge in [-0.2, -0.15) is 8.42 Å². The van der Waals surface area contributed by atoms with Crippen molar-refractivity contribution in [2.45, 2.75) is 11.7 Å². The van der Waals surface area contributed by atoms with E-state index in [4.69, 9.17) is 0 Å². The fourth-order valence-corrected chi connectivity index (χ4v) is 2.65. The maximum Gasteiger partial charge on any atom is 0.272 e. The molecule has 0 saturated heterocycles. The molecule has 0 amide bonds. The number of aromatic nitrogens is 1. The monoisotopic (exact) mass is 263 g/mol. The molecule has 4 nitrogen and oxygen atoms in total. The Morgan fingerprint density at radius 2 is 1.72 bits per heavy atom. The molecule has 0 aliphatic heterocycles. The minimum Gasteiger partial charge on any atom is -0.285 e. The Kier molecular flexibility index (Phi) is 3.74. The summed E-state index contributed by atoms with van der Waals surface area (Å²) in [6.07, 6.45) is 1.76. The van der Waals surface area contributed by atoms with Crippen LogP contribution in [0.15, 0.2) is 54.7 Å². The van der Waals surface area contributed by atoms with Crippen LogP contribution in [0, 0.1) is 0 Å². The molecular weight excluding hydrogens is 250 g/mol. The van der Waals surface area contributed by atoms with Crippen LogP contribution in [0.5, 0.6) is 0 Å². The zero-order chi connectivity index (χ0) is 13.0. The Bertz CT molecular complexity index is 597. The first-order valence-electron chi connectivity index (χ1n) is 5.48. The number of nitrogens with zero attached hydrogens (tertiary/aromatic N) is 1. The van der Waals surface area contributed by atoms with Gasteiger partial charge in [0.15, 0.2) is 0 Å². The molecule has 0 aliphatic rings. The second kappa shape index (κ2) is 5.29. The Labute approximate surface area is 106 Å². The summed E-state index contributed by atoms with van der Waals surface area (Å²) in [5.74, 6) is 0. The Balaban J connectivity index is 2.34. The molecule has 94 valence electrons. The molecule has 0 radical (unpaired) electrons. The molecule has 0 spiro atoms. The number of benzene rings is 1. The summed E-state index contributed by atoms with van der Waals surface area (Å²) in [5, 5.41) is -0.978. The Morgan fingerprint density at radius 3 is 2.28 bits per heavy atom. The van der Waals surface area contributed by atoms with E-state index in [2.05, 4.69) is 4.98 Å². The van der Waals surface area contributed by atoms with Crippen LogP contribution < -0.4 is 0 Å². The van der Waals surface area contributed by atoms with Gasteiger partial charge in [0.2, 0.25) is 0 Å². The minimum atomic E-state index is -4.16. The topological polar surface area (TPSA) is 67.3 Å². The molecule has 0 unspecified atom stereocenters. The summed E-state index contributed by atoms with van der Waals surface area (Å²) in [5.41, 5.74) is 1.19. The summed E-state index contributed by atoms with van der Waals surface area (Å²) >= 11 is 0. The van der Waals surface area contributed by atoms with E-state index in [0.29, 0.717) is 11.3 Å². The van der Waals surface area contributed by atoms with E-state index in [9.17, 15) is 13.0 Å². The lowest BCUT2D eigenvalue weighted by Gasteiger charge is -2.13. The van der Waals surface area contributed by atoms with Crippen LogP contribution >= 0.6 is 0 Å². The van der Waals surface area contributed by atoms with Crippen molar-refractivity contribution in [1.82, 2.24) is 4.98 Å². The highest BCUT2D eigenvalue weighted by Crippen LogP contribution is 2.24. The molecule has 2 rings (SSSR count). The van der Waals surface area contributed by atoms with Gasteiger partial charge in [-0.3, -0.25) is 9.54 Å². The van der Waals surface area contributed by atoms with Gasteiger partial charge in [-0.1, -0.05) is 36.4 Å². The lowest BCUT2D eigenvalue weighted by atomic mass is 10.1. The molecule has 0 saturated carbocycles. The number of rotatable bonds is 4. The normalized spacial score (nSPS) is 13.2. The Hall–Kier alpha value is -1.72. The van der Waals surface area contributed by atoms with Gasteiger partial charge in [0, 0.05) is 18.3 Å². The standard InChI is InChI=1S/C13H13NO3S/c15-18(16,17)13(11-6-2-1-3-7-11)10-12-8-4-5-9-14-12/h1-9,13H,10H2,(H,15,16,17)/t13-/m1/s1. The molecule has 1 aromatic carbocycles. The van der Waals surface area contributed by atoms with Gasteiger partial charge in [-0.05, 0) is 17.7 Å². The van der Waals surface area contributed by atoms with Gasteiger partial charge in [0.1, 0.15) is 5.25 Å². The molecule has 1 atom stereocenters. The van der Waals surface area contributed by atoms with Gasteiger partial charge in [-0.15, -0.1) is 0 Å². The van der Waals surface area contributed by atoms with Gasteiger partial charge < -0.3 is 0 Å². The first kappa shape index (κ1) is 12.7. The number of hydrogen-bond acceptors (Lipinski definition) is 3. The van der Waals surface area contributed by atoms with Gasteiger partial charge in [0.05, 0.1) is 0 Å². The maximum absolute atomic E-state index is 11.5. The molecule has 2 aromatic rings. The fraction of sp³-hybridized carbons (Fsp3) is 0.154. The van der Waals surface area contributed by atoms with Crippen LogP contribution in [0.4, 0.5) is 0 Å².